The molecule has 3 heterocycles. The predicted molar refractivity (Wildman–Crippen MR) is 142 cm³/mol. The molecule has 0 saturated heterocycles. The van der Waals surface area contributed by atoms with Crippen LogP contribution in [0.4, 0.5) is 0 Å². The molecule has 1 amide bonds. The Morgan fingerprint density at radius 3 is 1.61 bits per heavy atom. The molecule has 4 heteroatoms. The van der Waals surface area contributed by atoms with E-state index in [0.717, 1.165) is 32.9 Å². The van der Waals surface area contributed by atoms with Gasteiger partial charge in [-0.25, -0.2) is 0 Å². The molecule has 0 saturated carbocycles. The Balaban J connectivity index is 0.000000617. The average Bonchev–Trinajstić information content (AvgIpc) is 3.38. The van der Waals surface area contributed by atoms with E-state index in [-0.39, 0.29) is 11.4 Å². The summed E-state index contributed by atoms with van der Waals surface area (Å²) in [7, 11) is 6.18. The topological polar surface area (TPSA) is 30.2 Å². The summed E-state index contributed by atoms with van der Waals surface area (Å²) >= 11 is 0. The zero-order chi connectivity index (χ0) is 24.2. The fraction of sp³-hybridized carbons (Fsp3) is 0.345. The van der Waals surface area contributed by atoms with Crippen molar-refractivity contribution in [3.63, 3.8) is 0 Å². The van der Waals surface area contributed by atoms with Gasteiger partial charge in [0, 0.05) is 59.3 Å². The summed E-state index contributed by atoms with van der Waals surface area (Å²) in [5.74, 6) is 0.112. The molecule has 0 N–H and O–H groups in total. The highest BCUT2D eigenvalue weighted by molar-refractivity contribution is 6.31. The lowest BCUT2D eigenvalue weighted by Gasteiger charge is -2.29. The number of rotatable bonds is 0. The van der Waals surface area contributed by atoms with E-state index < -0.39 is 0 Å². The van der Waals surface area contributed by atoms with Gasteiger partial charge in [0.25, 0.3) is 5.91 Å². The molecule has 3 aromatic carbocycles. The second-order valence-corrected chi connectivity index (χ2v) is 8.77. The number of benzene rings is 3. The number of aryl methyl sites for hydroxylation is 2. The molecule has 33 heavy (non-hydrogen) atoms. The van der Waals surface area contributed by atoms with Crippen molar-refractivity contribution in [2.45, 2.75) is 47.1 Å². The van der Waals surface area contributed by atoms with Gasteiger partial charge in [0.15, 0.2) is 0 Å². The molecule has 0 aliphatic carbocycles. The number of hydrogen-bond acceptors (Lipinski definition) is 1. The molecule has 0 atom stereocenters. The molecule has 0 radical (unpaired) electrons. The maximum absolute atomic E-state index is 13.6. The van der Waals surface area contributed by atoms with Crippen LogP contribution < -0.4 is 0 Å². The fourth-order valence-electron chi connectivity index (χ4n) is 5.51. The van der Waals surface area contributed by atoms with Crippen molar-refractivity contribution < 1.29 is 4.79 Å². The SMILES string of the molecule is CC.CC.CN1C(=O)c2c(c3c4ccccc4n(C)c3c3c2c2ccccc2n3C)C1(C)C. The Morgan fingerprint density at radius 1 is 0.667 bits per heavy atom. The van der Waals surface area contributed by atoms with Crippen LogP contribution in [0.15, 0.2) is 48.5 Å². The standard InChI is InChI=1S/C25H23N3O.2C2H6/c1-25(2)21-19-15-11-7-9-13-17(15)27(4)23(19)22-18(20(21)24(29)28(25)5)14-10-6-8-12-16(14)26(22)3;2*1-2/h6-13H,1-5H3;2*1-2H3. The number of carbonyl (C=O) groups is 1. The third-order valence-corrected chi connectivity index (χ3v) is 7.16. The highest BCUT2D eigenvalue weighted by atomic mass is 16.2. The Kier molecular flexibility index (Phi) is 5.52. The average molecular weight is 442 g/mol. The molecular weight excluding hydrogens is 406 g/mol. The molecule has 5 aromatic rings. The van der Waals surface area contributed by atoms with Gasteiger partial charge in [-0.1, -0.05) is 64.1 Å². The second kappa shape index (κ2) is 7.95. The van der Waals surface area contributed by atoms with Gasteiger partial charge in [-0.2, -0.15) is 0 Å². The van der Waals surface area contributed by atoms with Gasteiger partial charge in [-0.15, -0.1) is 0 Å². The summed E-state index contributed by atoms with van der Waals surface area (Å²) in [5.41, 5.74) is 6.34. The van der Waals surface area contributed by atoms with Crippen LogP contribution in [0.5, 0.6) is 0 Å². The predicted octanol–water partition coefficient (Wildman–Crippen LogP) is 7.35. The number of para-hydroxylation sites is 2. The molecular formula is C29H35N3O. The lowest BCUT2D eigenvalue weighted by atomic mass is 9.87. The Labute approximate surface area is 196 Å². The summed E-state index contributed by atoms with van der Waals surface area (Å²) in [6.07, 6.45) is 0. The van der Waals surface area contributed by atoms with Crippen molar-refractivity contribution >= 4 is 49.5 Å². The molecule has 0 spiro atoms. The first kappa shape index (κ1) is 22.9. The monoisotopic (exact) mass is 441 g/mol. The highest BCUT2D eigenvalue weighted by Gasteiger charge is 2.45. The largest absolute Gasteiger partial charge is 0.342 e. The van der Waals surface area contributed by atoms with Gasteiger partial charge in [-0.3, -0.25) is 4.79 Å². The van der Waals surface area contributed by atoms with Gasteiger partial charge in [0.1, 0.15) is 0 Å². The first-order valence-corrected chi connectivity index (χ1v) is 12.0. The van der Waals surface area contributed by atoms with Crippen molar-refractivity contribution in [1.82, 2.24) is 14.0 Å². The molecule has 0 bridgehead atoms. The van der Waals surface area contributed by atoms with E-state index in [4.69, 9.17) is 0 Å². The summed E-state index contributed by atoms with van der Waals surface area (Å²) < 4.78 is 4.55. The number of nitrogens with zero attached hydrogens (tertiary/aromatic N) is 3. The zero-order valence-electron chi connectivity index (χ0n) is 21.4. The maximum Gasteiger partial charge on any atom is 0.255 e. The first-order chi connectivity index (χ1) is 15.9. The van der Waals surface area contributed by atoms with Crippen LogP contribution in [0.1, 0.15) is 57.5 Å². The van der Waals surface area contributed by atoms with E-state index in [1.807, 2.05) is 39.6 Å². The Morgan fingerprint density at radius 2 is 1.09 bits per heavy atom. The zero-order valence-corrected chi connectivity index (χ0v) is 21.4. The Hall–Kier alpha value is -3.27. The minimum absolute atomic E-state index is 0.112. The smallest absolute Gasteiger partial charge is 0.255 e. The van der Waals surface area contributed by atoms with E-state index >= 15 is 0 Å². The van der Waals surface area contributed by atoms with Crippen LogP contribution in [0, 0.1) is 0 Å². The minimum Gasteiger partial charge on any atom is -0.342 e. The molecule has 2 aromatic heterocycles. The van der Waals surface area contributed by atoms with E-state index in [1.165, 1.54) is 21.8 Å². The second-order valence-electron chi connectivity index (χ2n) is 8.77. The van der Waals surface area contributed by atoms with Gasteiger partial charge in [-0.05, 0) is 26.0 Å². The third-order valence-electron chi connectivity index (χ3n) is 7.16. The third kappa shape index (κ3) is 2.73. The lowest BCUT2D eigenvalue weighted by Crippen LogP contribution is -2.35. The van der Waals surface area contributed by atoms with Gasteiger partial charge < -0.3 is 14.0 Å². The van der Waals surface area contributed by atoms with Crippen molar-refractivity contribution in [2.75, 3.05) is 7.05 Å². The molecule has 0 unspecified atom stereocenters. The normalized spacial score (nSPS) is 14.5. The molecule has 1 aliphatic heterocycles. The van der Waals surface area contributed by atoms with E-state index in [1.54, 1.807) is 0 Å². The first-order valence-electron chi connectivity index (χ1n) is 12.0. The van der Waals surface area contributed by atoms with E-state index in [9.17, 15) is 4.79 Å². The summed E-state index contributed by atoms with van der Waals surface area (Å²) in [4.78, 5) is 15.5. The summed E-state index contributed by atoms with van der Waals surface area (Å²) in [6, 6.07) is 17.0. The van der Waals surface area contributed by atoms with Crippen LogP contribution in [0.3, 0.4) is 0 Å². The molecule has 0 fully saturated rings. The summed E-state index contributed by atoms with van der Waals surface area (Å²) in [5, 5.41) is 4.65. The minimum atomic E-state index is -0.375. The van der Waals surface area contributed by atoms with Crippen LogP contribution >= 0.6 is 0 Å². The van der Waals surface area contributed by atoms with Crippen LogP contribution in [0.25, 0.3) is 43.6 Å². The number of amides is 1. The van der Waals surface area contributed by atoms with Crippen LogP contribution in [0.2, 0.25) is 0 Å². The Bertz CT molecular complexity index is 1530. The van der Waals surface area contributed by atoms with Gasteiger partial charge >= 0.3 is 0 Å². The van der Waals surface area contributed by atoms with Gasteiger partial charge in [0.2, 0.25) is 0 Å². The van der Waals surface area contributed by atoms with Gasteiger partial charge in [0.05, 0.1) is 22.1 Å². The number of hydrogen-bond donors (Lipinski definition) is 0. The van der Waals surface area contributed by atoms with Crippen molar-refractivity contribution in [3.8, 4) is 0 Å². The van der Waals surface area contributed by atoms with E-state index in [2.05, 4.69) is 85.6 Å². The molecule has 4 nitrogen and oxygen atoms in total. The van der Waals surface area contributed by atoms with Crippen LogP contribution in [-0.2, 0) is 19.6 Å². The summed E-state index contributed by atoms with van der Waals surface area (Å²) in [6.45, 7) is 12.3. The number of carbonyl (C=O) groups excluding carboxylic acids is 1. The lowest BCUT2D eigenvalue weighted by molar-refractivity contribution is 0.0693. The number of aromatic nitrogens is 2. The highest BCUT2D eigenvalue weighted by Crippen LogP contribution is 2.50. The quantitative estimate of drug-likeness (QED) is 0.247. The van der Waals surface area contributed by atoms with Crippen LogP contribution in [-0.4, -0.2) is 27.0 Å². The number of fused-ring (bicyclic) bond motifs is 10. The maximum atomic E-state index is 13.6. The fourth-order valence-corrected chi connectivity index (χ4v) is 5.51. The molecule has 172 valence electrons. The molecule has 1 aliphatic rings. The van der Waals surface area contributed by atoms with Crippen molar-refractivity contribution in [3.05, 3.63) is 59.7 Å². The van der Waals surface area contributed by atoms with Crippen molar-refractivity contribution in [2.24, 2.45) is 14.1 Å². The van der Waals surface area contributed by atoms with E-state index in [0.29, 0.717) is 0 Å². The molecule has 6 rings (SSSR count). The van der Waals surface area contributed by atoms with Crippen molar-refractivity contribution in [1.29, 1.82) is 0 Å².